The molecule has 0 aliphatic heterocycles. The Bertz CT molecular complexity index is 544. The summed E-state index contributed by atoms with van der Waals surface area (Å²) < 4.78 is 0. The van der Waals surface area contributed by atoms with Crippen LogP contribution in [0.2, 0.25) is 0 Å². The highest BCUT2D eigenvalue weighted by atomic mass is 32.1. The predicted molar refractivity (Wildman–Crippen MR) is 81.3 cm³/mol. The molecular weight excluding hydrogens is 276 g/mol. The van der Waals surface area contributed by atoms with Crippen LogP contribution in [-0.4, -0.2) is 17.4 Å². The van der Waals surface area contributed by atoms with Crippen molar-refractivity contribution in [1.29, 1.82) is 0 Å². The lowest BCUT2D eigenvalue weighted by molar-refractivity contribution is 0.0957. The van der Waals surface area contributed by atoms with Crippen LogP contribution in [-0.2, 0) is 6.42 Å². The molecule has 0 aliphatic carbocycles. The summed E-state index contributed by atoms with van der Waals surface area (Å²) in [5.41, 5.74) is 0.835. The lowest BCUT2D eigenvalue weighted by atomic mass is 10.2. The molecule has 2 heterocycles. The minimum Gasteiger partial charge on any atom is -0.351 e. The van der Waals surface area contributed by atoms with Crippen LogP contribution in [0.25, 0.3) is 0 Å². The Labute approximate surface area is 121 Å². The van der Waals surface area contributed by atoms with Crippen molar-refractivity contribution in [2.75, 3.05) is 6.54 Å². The second kappa shape index (κ2) is 6.30. The zero-order chi connectivity index (χ0) is 13.8. The Morgan fingerprint density at radius 3 is 2.84 bits per heavy atom. The van der Waals surface area contributed by atoms with Gasteiger partial charge in [0.1, 0.15) is 4.88 Å². The summed E-state index contributed by atoms with van der Waals surface area (Å²) in [7, 11) is 0. The first kappa shape index (κ1) is 14.2. The Hall–Kier alpha value is -1.20. The summed E-state index contributed by atoms with van der Waals surface area (Å²) in [6, 6.07) is 4.12. The molecule has 0 bridgehead atoms. The summed E-state index contributed by atoms with van der Waals surface area (Å²) in [6.07, 6.45) is 0.887. The van der Waals surface area contributed by atoms with E-state index in [0.29, 0.717) is 12.5 Å². The number of rotatable bonds is 5. The molecule has 5 heteroatoms. The molecule has 0 radical (unpaired) electrons. The topological polar surface area (TPSA) is 42.0 Å². The number of nitrogens with zero attached hydrogens (tertiary/aromatic N) is 1. The number of aromatic nitrogens is 1. The Balaban J connectivity index is 1.92. The van der Waals surface area contributed by atoms with Crippen molar-refractivity contribution in [3.8, 4) is 0 Å². The fourth-order valence-corrected chi connectivity index (χ4v) is 3.40. The molecule has 1 amide bonds. The lowest BCUT2D eigenvalue weighted by Crippen LogP contribution is -2.25. The largest absolute Gasteiger partial charge is 0.351 e. The smallest absolute Gasteiger partial charge is 0.263 e. The van der Waals surface area contributed by atoms with E-state index in [1.807, 2.05) is 13.0 Å². The third-order valence-corrected chi connectivity index (χ3v) is 5.14. The first-order valence-electron chi connectivity index (χ1n) is 6.36. The van der Waals surface area contributed by atoms with Gasteiger partial charge in [-0.2, -0.15) is 0 Å². The normalized spacial score (nSPS) is 10.9. The zero-order valence-corrected chi connectivity index (χ0v) is 13.0. The van der Waals surface area contributed by atoms with Crippen molar-refractivity contribution in [2.24, 2.45) is 0 Å². The van der Waals surface area contributed by atoms with Crippen LogP contribution in [0.5, 0.6) is 0 Å². The molecule has 0 spiro atoms. The minimum atomic E-state index is -0.00143. The molecule has 2 aromatic rings. The number of hydrogen-bond donors (Lipinski definition) is 1. The average molecular weight is 294 g/mol. The van der Waals surface area contributed by atoms with Crippen LogP contribution in [0.1, 0.15) is 45.0 Å². The molecule has 0 atom stereocenters. The standard InChI is InChI=1S/C14H18N2OS2/c1-9(2)14-16-10(3)12(19-14)13(17)15-7-6-11-5-4-8-18-11/h4-5,8-9H,6-7H2,1-3H3,(H,15,17). The van der Waals surface area contributed by atoms with Crippen molar-refractivity contribution in [3.05, 3.63) is 38.0 Å². The summed E-state index contributed by atoms with van der Waals surface area (Å²) in [5.74, 6) is 0.370. The van der Waals surface area contributed by atoms with Crippen LogP contribution in [0.15, 0.2) is 17.5 Å². The maximum atomic E-state index is 12.1. The molecule has 0 aliphatic rings. The first-order valence-corrected chi connectivity index (χ1v) is 8.05. The molecule has 2 rings (SSSR count). The van der Waals surface area contributed by atoms with Gasteiger partial charge in [0.25, 0.3) is 5.91 Å². The van der Waals surface area contributed by atoms with E-state index < -0.39 is 0 Å². The number of carbonyl (C=O) groups is 1. The summed E-state index contributed by atoms with van der Waals surface area (Å²) in [4.78, 5) is 18.6. The quantitative estimate of drug-likeness (QED) is 0.915. The van der Waals surface area contributed by atoms with E-state index in [4.69, 9.17) is 0 Å². The molecule has 19 heavy (non-hydrogen) atoms. The molecule has 3 nitrogen and oxygen atoms in total. The van der Waals surface area contributed by atoms with Crippen molar-refractivity contribution >= 4 is 28.6 Å². The Morgan fingerprint density at radius 2 is 2.26 bits per heavy atom. The van der Waals surface area contributed by atoms with Crippen LogP contribution in [0.3, 0.4) is 0 Å². The third-order valence-electron chi connectivity index (χ3n) is 2.75. The molecule has 1 N–H and O–H groups in total. The fourth-order valence-electron chi connectivity index (χ4n) is 1.71. The number of nitrogens with one attached hydrogen (secondary N) is 1. The molecule has 0 saturated heterocycles. The van der Waals surface area contributed by atoms with Crippen LogP contribution in [0, 0.1) is 6.92 Å². The van der Waals surface area contributed by atoms with Gasteiger partial charge < -0.3 is 5.32 Å². The monoisotopic (exact) mass is 294 g/mol. The van der Waals surface area contributed by atoms with Crippen LogP contribution >= 0.6 is 22.7 Å². The van der Waals surface area contributed by atoms with E-state index in [-0.39, 0.29) is 5.91 Å². The van der Waals surface area contributed by atoms with Gasteiger partial charge in [0.2, 0.25) is 0 Å². The number of thiazole rings is 1. The van der Waals surface area contributed by atoms with Gasteiger partial charge in [0.05, 0.1) is 10.7 Å². The maximum absolute atomic E-state index is 12.1. The van der Waals surface area contributed by atoms with Crippen molar-refractivity contribution in [1.82, 2.24) is 10.3 Å². The van der Waals surface area contributed by atoms with Gasteiger partial charge >= 0.3 is 0 Å². The fraction of sp³-hybridized carbons (Fsp3) is 0.429. The Morgan fingerprint density at radius 1 is 1.47 bits per heavy atom. The second-order valence-corrected chi connectivity index (χ2v) is 6.77. The molecule has 2 aromatic heterocycles. The third kappa shape index (κ3) is 3.64. The number of thiophene rings is 1. The highest BCUT2D eigenvalue weighted by molar-refractivity contribution is 7.13. The van der Waals surface area contributed by atoms with Crippen molar-refractivity contribution < 1.29 is 4.79 Å². The summed E-state index contributed by atoms with van der Waals surface area (Å²) in [5, 5.41) is 6.05. The minimum absolute atomic E-state index is 0.00143. The number of hydrogen-bond acceptors (Lipinski definition) is 4. The van der Waals surface area contributed by atoms with E-state index in [1.54, 1.807) is 11.3 Å². The average Bonchev–Trinajstić information content (AvgIpc) is 2.98. The van der Waals surface area contributed by atoms with E-state index in [9.17, 15) is 4.79 Å². The van der Waals surface area contributed by atoms with E-state index in [0.717, 1.165) is 22.0 Å². The highest BCUT2D eigenvalue weighted by Gasteiger charge is 2.16. The molecule has 0 aromatic carbocycles. The van der Waals surface area contributed by atoms with E-state index >= 15 is 0 Å². The van der Waals surface area contributed by atoms with Gasteiger partial charge in [-0.3, -0.25) is 4.79 Å². The van der Waals surface area contributed by atoms with Gasteiger partial charge in [-0.25, -0.2) is 4.98 Å². The maximum Gasteiger partial charge on any atom is 0.263 e. The van der Waals surface area contributed by atoms with Crippen LogP contribution in [0.4, 0.5) is 0 Å². The second-order valence-electron chi connectivity index (χ2n) is 4.71. The molecule has 102 valence electrons. The van der Waals surface area contributed by atoms with E-state index in [2.05, 4.69) is 35.6 Å². The first-order chi connectivity index (χ1) is 9.08. The van der Waals surface area contributed by atoms with Gasteiger partial charge in [0.15, 0.2) is 0 Å². The zero-order valence-electron chi connectivity index (χ0n) is 11.4. The van der Waals surface area contributed by atoms with Gasteiger partial charge in [-0.05, 0) is 24.8 Å². The van der Waals surface area contributed by atoms with Gasteiger partial charge in [-0.15, -0.1) is 22.7 Å². The number of carbonyl (C=O) groups excluding carboxylic acids is 1. The van der Waals surface area contributed by atoms with Crippen LogP contribution < -0.4 is 5.32 Å². The molecule has 0 saturated carbocycles. The van der Waals surface area contributed by atoms with E-state index in [1.165, 1.54) is 16.2 Å². The predicted octanol–water partition coefficient (Wildman–Crippen LogP) is 3.61. The van der Waals surface area contributed by atoms with Crippen molar-refractivity contribution in [2.45, 2.75) is 33.1 Å². The Kier molecular flexibility index (Phi) is 4.71. The number of aryl methyl sites for hydroxylation is 1. The SMILES string of the molecule is Cc1nc(C(C)C)sc1C(=O)NCCc1cccs1. The molecular formula is C14H18N2OS2. The lowest BCUT2D eigenvalue weighted by Gasteiger charge is -2.02. The van der Waals surface area contributed by atoms with Crippen molar-refractivity contribution in [3.63, 3.8) is 0 Å². The summed E-state index contributed by atoms with van der Waals surface area (Å²) >= 11 is 3.22. The van der Waals surface area contributed by atoms with Gasteiger partial charge in [0, 0.05) is 17.3 Å². The molecule has 0 unspecified atom stereocenters. The molecule has 0 fully saturated rings. The highest BCUT2D eigenvalue weighted by Crippen LogP contribution is 2.24. The van der Waals surface area contributed by atoms with Gasteiger partial charge in [-0.1, -0.05) is 19.9 Å². The number of amides is 1. The summed E-state index contributed by atoms with van der Waals surface area (Å²) in [6.45, 7) is 6.76.